The van der Waals surface area contributed by atoms with Crippen molar-refractivity contribution in [1.82, 2.24) is 4.98 Å². The molecule has 1 aliphatic heterocycles. The quantitative estimate of drug-likeness (QED) is 0.569. The maximum atomic E-state index is 13.7. The number of hydrogen-bond acceptors (Lipinski definition) is 5. The van der Waals surface area contributed by atoms with E-state index in [-0.39, 0.29) is 12.5 Å². The van der Waals surface area contributed by atoms with Crippen LogP contribution >= 0.6 is 0 Å². The topological polar surface area (TPSA) is 98.7 Å². The number of ether oxygens (including phenoxy) is 1. The summed E-state index contributed by atoms with van der Waals surface area (Å²) in [5.41, 5.74) is 7.73. The summed E-state index contributed by atoms with van der Waals surface area (Å²) in [6, 6.07) is 19.8. The largest absolute Gasteiger partial charge is 0.477 e. The molecule has 1 atom stereocenters. The fourth-order valence-electron chi connectivity index (χ4n) is 3.62. The molecule has 0 bridgehead atoms. The van der Waals surface area contributed by atoms with Crippen molar-refractivity contribution in [3.63, 3.8) is 0 Å². The molecule has 148 valence electrons. The number of hydrogen-bond donors (Lipinski definition) is 1. The number of aromatic nitrogens is 1. The molecule has 4 aromatic rings. The highest BCUT2D eigenvalue weighted by molar-refractivity contribution is 6.15. The van der Waals surface area contributed by atoms with E-state index in [0.29, 0.717) is 39.4 Å². The number of para-hydroxylation sites is 3. The Morgan fingerprint density at radius 1 is 1.03 bits per heavy atom. The number of pyridine rings is 1. The molecular weight excluding hydrogens is 382 g/mol. The Balaban J connectivity index is 1.67. The molecule has 2 amide bonds. The number of amides is 2. The molecule has 1 aliphatic rings. The minimum atomic E-state index is -0.929. The molecule has 0 saturated carbocycles. The van der Waals surface area contributed by atoms with Gasteiger partial charge in [-0.05, 0) is 36.4 Å². The number of primary amides is 1. The van der Waals surface area contributed by atoms with Gasteiger partial charge < -0.3 is 19.8 Å². The SMILES string of the molecule is NC(=O)[C@H]1CN(C(=O)c2cc(-c3ccco3)nc3ccccc23)c2ccccc2O1. The Labute approximate surface area is 171 Å². The van der Waals surface area contributed by atoms with Crippen molar-refractivity contribution < 1.29 is 18.7 Å². The van der Waals surface area contributed by atoms with E-state index in [1.165, 1.54) is 4.90 Å². The lowest BCUT2D eigenvalue weighted by atomic mass is 10.0. The van der Waals surface area contributed by atoms with Gasteiger partial charge in [-0.3, -0.25) is 9.59 Å². The minimum absolute atomic E-state index is 0.0257. The molecule has 0 saturated heterocycles. The van der Waals surface area contributed by atoms with Crippen LogP contribution in [0.25, 0.3) is 22.4 Å². The lowest BCUT2D eigenvalue weighted by molar-refractivity contribution is -0.124. The second-order valence-corrected chi connectivity index (χ2v) is 6.94. The lowest BCUT2D eigenvalue weighted by Gasteiger charge is -2.33. The van der Waals surface area contributed by atoms with Gasteiger partial charge in [-0.25, -0.2) is 4.98 Å². The molecule has 7 heteroatoms. The van der Waals surface area contributed by atoms with E-state index in [1.54, 1.807) is 42.7 Å². The number of anilines is 1. The van der Waals surface area contributed by atoms with Crippen molar-refractivity contribution in [2.45, 2.75) is 6.10 Å². The summed E-state index contributed by atoms with van der Waals surface area (Å²) in [6.07, 6.45) is 0.630. The fraction of sp³-hybridized carbons (Fsp3) is 0.0870. The Hall–Kier alpha value is -4.13. The molecule has 5 rings (SSSR count). The van der Waals surface area contributed by atoms with E-state index in [2.05, 4.69) is 4.98 Å². The van der Waals surface area contributed by atoms with Crippen LogP contribution in [0.5, 0.6) is 5.75 Å². The molecular formula is C23H17N3O4. The summed E-state index contributed by atoms with van der Waals surface area (Å²) in [5.74, 6) is 0.0966. The molecule has 2 aromatic carbocycles. The first kappa shape index (κ1) is 17.9. The molecule has 30 heavy (non-hydrogen) atoms. The highest BCUT2D eigenvalue weighted by Crippen LogP contribution is 2.35. The number of carbonyl (C=O) groups is 2. The molecule has 3 heterocycles. The van der Waals surface area contributed by atoms with E-state index in [1.807, 2.05) is 30.3 Å². The van der Waals surface area contributed by atoms with Crippen molar-refractivity contribution in [3.8, 4) is 17.2 Å². The predicted octanol–water partition coefficient (Wildman–Crippen LogP) is 3.39. The Kier molecular flexibility index (Phi) is 4.21. The first-order chi connectivity index (χ1) is 14.6. The van der Waals surface area contributed by atoms with Crippen LogP contribution in [0.4, 0.5) is 5.69 Å². The minimum Gasteiger partial charge on any atom is -0.477 e. The van der Waals surface area contributed by atoms with Crippen LogP contribution in [-0.2, 0) is 4.79 Å². The zero-order chi connectivity index (χ0) is 20.7. The van der Waals surface area contributed by atoms with E-state index >= 15 is 0 Å². The summed E-state index contributed by atoms with van der Waals surface area (Å²) in [6.45, 7) is 0.0257. The summed E-state index contributed by atoms with van der Waals surface area (Å²) < 4.78 is 11.2. The second-order valence-electron chi connectivity index (χ2n) is 6.94. The van der Waals surface area contributed by atoms with Gasteiger partial charge in [0.15, 0.2) is 11.9 Å². The smallest absolute Gasteiger partial charge is 0.260 e. The Bertz CT molecular complexity index is 1270. The van der Waals surface area contributed by atoms with E-state index < -0.39 is 12.0 Å². The summed E-state index contributed by atoms with van der Waals surface area (Å²) in [7, 11) is 0. The highest BCUT2D eigenvalue weighted by Gasteiger charge is 2.34. The number of nitrogens with two attached hydrogens (primary N) is 1. The van der Waals surface area contributed by atoms with Crippen LogP contribution in [-0.4, -0.2) is 29.4 Å². The average Bonchev–Trinajstić information content (AvgIpc) is 3.32. The zero-order valence-electron chi connectivity index (χ0n) is 15.8. The van der Waals surface area contributed by atoms with E-state index in [9.17, 15) is 9.59 Å². The molecule has 0 radical (unpaired) electrons. The van der Waals surface area contributed by atoms with Gasteiger partial charge in [-0.2, -0.15) is 0 Å². The van der Waals surface area contributed by atoms with Crippen LogP contribution in [0.15, 0.2) is 77.4 Å². The third-order valence-corrected chi connectivity index (χ3v) is 5.06. The Morgan fingerprint density at radius 3 is 2.63 bits per heavy atom. The van der Waals surface area contributed by atoms with Gasteiger partial charge in [0, 0.05) is 5.39 Å². The Morgan fingerprint density at radius 2 is 1.83 bits per heavy atom. The molecule has 0 aliphatic carbocycles. The number of carbonyl (C=O) groups excluding carboxylic acids is 2. The molecule has 2 N–H and O–H groups in total. The monoisotopic (exact) mass is 399 g/mol. The number of benzene rings is 2. The van der Waals surface area contributed by atoms with Gasteiger partial charge in [0.05, 0.1) is 29.6 Å². The van der Waals surface area contributed by atoms with Crippen molar-refractivity contribution in [3.05, 3.63) is 78.6 Å². The zero-order valence-corrected chi connectivity index (χ0v) is 15.8. The molecule has 0 fully saturated rings. The van der Waals surface area contributed by atoms with Crippen LogP contribution in [0.3, 0.4) is 0 Å². The first-order valence-electron chi connectivity index (χ1n) is 9.42. The molecule has 0 unspecified atom stereocenters. The van der Waals surface area contributed by atoms with Crippen LogP contribution < -0.4 is 15.4 Å². The van der Waals surface area contributed by atoms with Gasteiger partial charge >= 0.3 is 0 Å². The lowest BCUT2D eigenvalue weighted by Crippen LogP contribution is -2.49. The van der Waals surface area contributed by atoms with Crippen LogP contribution in [0, 0.1) is 0 Å². The molecule has 2 aromatic heterocycles. The highest BCUT2D eigenvalue weighted by atomic mass is 16.5. The van der Waals surface area contributed by atoms with Crippen LogP contribution in [0.1, 0.15) is 10.4 Å². The van der Waals surface area contributed by atoms with Gasteiger partial charge in [-0.1, -0.05) is 30.3 Å². The van der Waals surface area contributed by atoms with Crippen molar-refractivity contribution in [2.24, 2.45) is 5.73 Å². The second kappa shape index (κ2) is 7.04. The summed E-state index contributed by atoms with van der Waals surface area (Å²) in [4.78, 5) is 31.7. The van der Waals surface area contributed by atoms with Gasteiger partial charge in [0.25, 0.3) is 11.8 Å². The van der Waals surface area contributed by atoms with Gasteiger partial charge in [-0.15, -0.1) is 0 Å². The number of rotatable bonds is 3. The van der Waals surface area contributed by atoms with E-state index in [4.69, 9.17) is 14.9 Å². The van der Waals surface area contributed by atoms with Crippen LogP contribution in [0.2, 0.25) is 0 Å². The van der Waals surface area contributed by atoms with Gasteiger partial charge in [0.2, 0.25) is 0 Å². The predicted molar refractivity (Wildman–Crippen MR) is 111 cm³/mol. The third kappa shape index (κ3) is 2.97. The summed E-state index contributed by atoms with van der Waals surface area (Å²) >= 11 is 0. The maximum Gasteiger partial charge on any atom is 0.260 e. The van der Waals surface area contributed by atoms with E-state index in [0.717, 1.165) is 0 Å². The van der Waals surface area contributed by atoms with Gasteiger partial charge in [0.1, 0.15) is 11.4 Å². The number of furan rings is 1. The van der Waals surface area contributed by atoms with Crippen molar-refractivity contribution >= 4 is 28.4 Å². The first-order valence-corrected chi connectivity index (χ1v) is 9.42. The number of nitrogens with zero attached hydrogens (tertiary/aromatic N) is 2. The molecule has 0 spiro atoms. The van der Waals surface area contributed by atoms with Crippen molar-refractivity contribution in [1.29, 1.82) is 0 Å². The standard InChI is InChI=1S/C23H17N3O4/c24-22(27)21-13-26(18-8-3-4-9-20(18)30-21)23(28)15-12-17(19-10-5-11-29-19)25-16-7-2-1-6-14(15)16/h1-12,21H,13H2,(H2,24,27)/t21-/m1/s1. The maximum absolute atomic E-state index is 13.7. The normalized spacial score (nSPS) is 15.5. The average molecular weight is 399 g/mol. The third-order valence-electron chi connectivity index (χ3n) is 5.06. The number of fused-ring (bicyclic) bond motifs is 2. The summed E-state index contributed by atoms with van der Waals surface area (Å²) in [5, 5.41) is 0.706. The van der Waals surface area contributed by atoms with Crippen molar-refractivity contribution in [2.75, 3.05) is 11.4 Å². The fourth-order valence-corrected chi connectivity index (χ4v) is 3.62. The molecule has 7 nitrogen and oxygen atoms in total.